The third-order valence-corrected chi connectivity index (χ3v) is 3.93. The molecule has 0 spiro atoms. The fourth-order valence-electron chi connectivity index (χ4n) is 2.63. The third-order valence-electron chi connectivity index (χ3n) is 3.78. The zero-order valence-corrected chi connectivity index (χ0v) is 14.6. The van der Waals surface area contributed by atoms with Gasteiger partial charge in [-0.1, -0.05) is 0 Å². The second-order valence-corrected chi connectivity index (χ2v) is 5.68. The van der Waals surface area contributed by atoms with E-state index in [1.165, 1.54) is 6.33 Å². The number of aromatic nitrogens is 3. The molecule has 0 amide bonds. The van der Waals surface area contributed by atoms with Crippen LogP contribution in [0.1, 0.15) is 0 Å². The van der Waals surface area contributed by atoms with Crippen LogP contribution in [-0.2, 0) is 0 Å². The van der Waals surface area contributed by atoms with Gasteiger partial charge in [0.05, 0.1) is 24.2 Å². The molecule has 8 nitrogen and oxygen atoms in total. The number of benzene rings is 1. The molecule has 9 heteroatoms. The Hall–Kier alpha value is -3.00. The summed E-state index contributed by atoms with van der Waals surface area (Å²) in [4.78, 5) is 12.8. The van der Waals surface area contributed by atoms with E-state index in [0.717, 1.165) is 5.39 Å². The van der Waals surface area contributed by atoms with Gasteiger partial charge in [0.25, 0.3) is 5.88 Å². The van der Waals surface area contributed by atoms with E-state index in [1.807, 2.05) is 6.07 Å². The van der Waals surface area contributed by atoms with E-state index in [1.54, 1.807) is 25.4 Å². The first-order chi connectivity index (χ1) is 12.8. The highest BCUT2D eigenvalue weighted by Gasteiger charge is 2.20. The van der Waals surface area contributed by atoms with E-state index >= 15 is 0 Å². The number of nitrogens with zero attached hydrogens (tertiary/aromatic N) is 3. The number of anilines is 2. The van der Waals surface area contributed by atoms with Crippen molar-refractivity contribution in [3.05, 3.63) is 30.7 Å². The molecule has 1 aliphatic rings. The Balaban J connectivity index is 1.75. The zero-order valence-electron chi connectivity index (χ0n) is 13.9. The summed E-state index contributed by atoms with van der Waals surface area (Å²) in [7, 11) is 1.58. The molecule has 0 atom stereocenters. The number of fused-ring (bicyclic) bond motifs is 2. The lowest BCUT2D eigenvalue weighted by atomic mass is 10.2. The molecular weight excluding hydrogens is 360 g/mol. The summed E-state index contributed by atoms with van der Waals surface area (Å²) in [5.74, 6) is 3.12. The maximum Gasteiger partial charge on any atom is 0.262 e. The molecule has 3 aromatic rings. The first-order valence-electron chi connectivity index (χ1n) is 7.83. The van der Waals surface area contributed by atoms with Crippen molar-refractivity contribution < 1.29 is 18.9 Å². The van der Waals surface area contributed by atoms with Gasteiger partial charge in [-0.15, -0.1) is 11.6 Å². The van der Waals surface area contributed by atoms with E-state index in [2.05, 4.69) is 20.3 Å². The van der Waals surface area contributed by atoms with Crippen molar-refractivity contribution in [2.75, 3.05) is 31.7 Å². The van der Waals surface area contributed by atoms with Crippen molar-refractivity contribution in [1.82, 2.24) is 15.0 Å². The molecule has 0 saturated heterocycles. The van der Waals surface area contributed by atoms with Gasteiger partial charge in [0, 0.05) is 17.6 Å². The maximum atomic E-state index is 5.70. The standard InChI is InChI=1S/C17H15ClN4O4/c1-23-13-6-10-12(7-14(13)24-5-3-18)20-8-21-16(10)22-11-2-4-19-17-15(11)25-9-26-17/h2,4,6-8H,3,5,9H2,1H3,(H,19,20,21,22). The van der Waals surface area contributed by atoms with Gasteiger partial charge in [0.2, 0.25) is 12.5 Å². The van der Waals surface area contributed by atoms with Gasteiger partial charge >= 0.3 is 0 Å². The molecule has 4 rings (SSSR count). The van der Waals surface area contributed by atoms with Crippen LogP contribution in [0.3, 0.4) is 0 Å². The van der Waals surface area contributed by atoms with Crippen LogP contribution in [0.25, 0.3) is 10.9 Å². The lowest BCUT2D eigenvalue weighted by molar-refractivity contribution is 0.171. The lowest BCUT2D eigenvalue weighted by Crippen LogP contribution is -2.02. The second-order valence-electron chi connectivity index (χ2n) is 5.30. The minimum absolute atomic E-state index is 0.140. The summed E-state index contributed by atoms with van der Waals surface area (Å²) in [6.45, 7) is 0.515. The molecule has 3 heterocycles. The highest BCUT2D eigenvalue weighted by Crippen LogP contribution is 2.40. The SMILES string of the molecule is COc1cc2c(Nc3ccnc4c3OCO4)ncnc2cc1OCCCl. The van der Waals surface area contributed by atoms with E-state index in [-0.39, 0.29) is 6.79 Å². The number of hydrogen-bond acceptors (Lipinski definition) is 8. The maximum absolute atomic E-state index is 5.70. The van der Waals surface area contributed by atoms with Gasteiger partial charge in [-0.3, -0.25) is 0 Å². The second kappa shape index (κ2) is 7.09. The van der Waals surface area contributed by atoms with Crippen molar-refractivity contribution in [3.8, 4) is 23.1 Å². The molecule has 0 saturated carbocycles. The molecule has 1 aromatic carbocycles. The monoisotopic (exact) mass is 374 g/mol. The Bertz CT molecular complexity index is 953. The number of alkyl halides is 1. The van der Waals surface area contributed by atoms with Crippen LogP contribution in [-0.4, -0.2) is 41.3 Å². The largest absolute Gasteiger partial charge is 0.493 e. The summed E-state index contributed by atoms with van der Waals surface area (Å²) in [6, 6.07) is 5.40. The number of nitrogens with one attached hydrogen (secondary N) is 1. The number of halogens is 1. The van der Waals surface area contributed by atoms with E-state index < -0.39 is 0 Å². The normalized spacial score (nSPS) is 12.2. The Morgan fingerprint density at radius 2 is 2.12 bits per heavy atom. The highest BCUT2D eigenvalue weighted by molar-refractivity contribution is 6.18. The zero-order chi connectivity index (χ0) is 17.9. The van der Waals surface area contributed by atoms with Crippen molar-refractivity contribution in [2.24, 2.45) is 0 Å². The summed E-state index contributed by atoms with van der Waals surface area (Å²) in [5.41, 5.74) is 1.41. The van der Waals surface area contributed by atoms with Crippen LogP contribution in [0.2, 0.25) is 0 Å². The predicted molar refractivity (Wildman–Crippen MR) is 95.9 cm³/mol. The quantitative estimate of drug-likeness (QED) is 0.658. The molecule has 1 aliphatic heterocycles. The van der Waals surface area contributed by atoms with Crippen molar-refractivity contribution in [3.63, 3.8) is 0 Å². The van der Waals surface area contributed by atoms with Crippen LogP contribution in [0.15, 0.2) is 30.7 Å². The lowest BCUT2D eigenvalue weighted by Gasteiger charge is -2.13. The Kier molecular flexibility index (Phi) is 4.49. The van der Waals surface area contributed by atoms with E-state index in [4.69, 9.17) is 30.5 Å². The van der Waals surface area contributed by atoms with Gasteiger partial charge in [0.1, 0.15) is 18.8 Å². The molecule has 0 unspecified atom stereocenters. The molecule has 2 aromatic heterocycles. The summed E-state index contributed by atoms with van der Waals surface area (Å²) < 4.78 is 21.8. The third kappa shape index (κ3) is 2.99. The van der Waals surface area contributed by atoms with Gasteiger partial charge in [-0.2, -0.15) is 0 Å². The average Bonchev–Trinajstić information content (AvgIpc) is 3.15. The molecule has 0 aliphatic carbocycles. The predicted octanol–water partition coefficient (Wildman–Crippen LogP) is 3.12. The van der Waals surface area contributed by atoms with E-state index in [0.29, 0.717) is 52.6 Å². The van der Waals surface area contributed by atoms with Crippen LogP contribution in [0.4, 0.5) is 11.5 Å². The number of rotatable bonds is 6. The number of methoxy groups -OCH3 is 1. The number of ether oxygens (including phenoxy) is 4. The van der Waals surface area contributed by atoms with Gasteiger partial charge in [0.15, 0.2) is 11.5 Å². The van der Waals surface area contributed by atoms with Crippen LogP contribution < -0.4 is 24.3 Å². The molecule has 0 fully saturated rings. The first kappa shape index (κ1) is 16.5. The summed E-state index contributed by atoms with van der Waals surface area (Å²) >= 11 is 5.70. The molecule has 0 bridgehead atoms. The topological polar surface area (TPSA) is 87.6 Å². The van der Waals surface area contributed by atoms with Gasteiger partial charge in [-0.05, 0) is 12.1 Å². The molecule has 0 radical (unpaired) electrons. The number of hydrogen-bond donors (Lipinski definition) is 1. The summed E-state index contributed by atoms with van der Waals surface area (Å²) in [6.07, 6.45) is 3.11. The van der Waals surface area contributed by atoms with Gasteiger partial charge < -0.3 is 24.3 Å². The highest BCUT2D eigenvalue weighted by atomic mass is 35.5. The molecule has 134 valence electrons. The van der Waals surface area contributed by atoms with Gasteiger partial charge in [-0.25, -0.2) is 15.0 Å². The Morgan fingerprint density at radius 3 is 2.96 bits per heavy atom. The summed E-state index contributed by atoms with van der Waals surface area (Å²) in [5, 5.41) is 4.02. The van der Waals surface area contributed by atoms with E-state index in [9.17, 15) is 0 Å². The average molecular weight is 375 g/mol. The van der Waals surface area contributed by atoms with Crippen molar-refractivity contribution in [2.45, 2.75) is 0 Å². The molecular formula is C17H15ClN4O4. The van der Waals surface area contributed by atoms with Crippen LogP contribution >= 0.6 is 11.6 Å². The van der Waals surface area contributed by atoms with Crippen LogP contribution in [0, 0.1) is 0 Å². The fraction of sp³-hybridized carbons (Fsp3) is 0.235. The Labute approximate surface area is 154 Å². The molecule has 1 N–H and O–H groups in total. The van der Waals surface area contributed by atoms with Crippen LogP contribution in [0.5, 0.6) is 23.1 Å². The fourth-order valence-corrected chi connectivity index (χ4v) is 2.70. The number of pyridine rings is 1. The molecule has 26 heavy (non-hydrogen) atoms. The minimum Gasteiger partial charge on any atom is -0.493 e. The first-order valence-corrected chi connectivity index (χ1v) is 8.36. The minimum atomic E-state index is 0.140. The van der Waals surface area contributed by atoms with Crippen molar-refractivity contribution in [1.29, 1.82) is 0 Å². The smallest absolute Gasteiger partial charge is 0.262 e. The Morgan fingerprint density at radius 1 is 1.19 bits per heavy atom. The van der Waals surface area contributed by atoms with Crippen molar-refractivity contribution >= 4 is 34.0 Å².